The van der Waals surface area contributed by atoms with E-state index in [0.717, 1.165) is 31.5 Å². The fourth-order valence-corrected chi connectivity index (χ4v) is 4.18. The first kappa shape index (κ1) is 26.0. The summed E-state index contributed by atoms with van der Waals surface area (Å²) in [5.41, 5.74) is 1.61. The third kappa shape index (κ3) is 5.21. The Balaban J connectivity index is 1.72. The highest BCUT2D eigenvalue weighted by Crippen LogP contribution is 2.24. The van der Waals surface area contributed by atoms with Crippen LogP contribution in [0.1, 0.15) is 43.5 Å². The van der Waals surface area contributed by atoms with Crippen LogP contribution in [0.5, 0.6) is 0 Å². The van der Waals surface area contributed by atoms with E-state index in [-0.39, 0.29) is 35.8 Å². The second kappa shape index (κ2) is 11.3. The average molecular weight is 509 g/mol. The number of pyridine rings is 2. The van der Waals surface area contributed by atoms with Crippen molar-refractivity contribution < 1.29 is 14.3 Å². The Morgan fingerprint density at radius 1 is 1.05 bits per heavy atom. The molecule has 4 heterocycles. The number of hydrogen-bond acceptors (Lipinski definition) is 6. The van der Waals surface area contributed by atoms with Gasteiger partial charge in [-0.05, 0) is 43.2 Å². The van der Waals surface area contributed by atoms with Crippen LogP contribution < -0.4 is 16.1 Å². The van der Waals surface area contributed by atoms with Crippen molar-refractivity contribution in [3.8, 4) is 11.3 Å². The average Bonchev–Trinajstić information content (AvgIpc) is 3.35. The van der Waals surface area contributed by atoms with Gasteiger partial charge in [-0.2, -0.15) is 4.39 Å². The van der Waals surface area contributed by atoms with E-state index >= 15 is 0 Å². The highest BCUT2D eigenvalue weighted by Gasteiger charge is 2.20. The van der Waals surface area contributed by atoms with E-state index in [9.17, 15) is 23.9 Å². The molecule has 0 aliphatic carbocycles. The number of H-pyrrole nitrogens is 1. The largest absolute Gasteiger partial charge is 0.395 e. The molecular formula is C26H29FN6O4. The molecule has 0 aliphatic rings. The molecule has 194 valence electrons. The standard InChI is InChI=1S/C26H29FN6O4/c1-3-5-11-33-25(36)23-20(31(10-4-2)26(33)37)14-19(30-23)17-7-9-22(29-15-17)32(12-13-34)24(35)18-6-8-21(27)28-16-18/h6-9,14-16,30,34H,3-5,10-13H2,1-2H3. The van der Waals surface area contributed by atoms with Gasteiger partial charge in [-0.1, -0.05) is 20.3 Å². The SMILES string of the molecule is CCCCn1c(=O)c2[nH]c(-c3ccc(N(CCO)C(=O)c4ccc(F)nc4)nc3)cc2n(CCC)c1=O. The van der Waals surface area contributed by atoms with Crippen LogP contribution in [0.15, 0.2) is 52.3 Å². The zero-order chi connectivity index (χ0) is 26.5. The van der Waals surface area contributed by atoms with Crippen LogP contribution in [-0.4, -0.2) is 48.3 Å². The highest BCUT2D eigenvalue weighted by molar-refractivity contribution is 6.05. The molecule has 4 rings (SSSR count). The van der Waals surface area contributed by atoms with Crippen molar-refractivity contribution in [2.75, 3.05) is 18.1 Å². The van der Waals surface area contributed by atoms with Crippen molar-refractivity contribution in [1.82, 2.24) is 24.1 Å². The maximum atomic E-state index is 13.2. The van der Waals surface area contributed by atoms with Crippen molar-refractivity contribution >= 4 is 22.8 Å². The minimum atomic E-state index is -0.701. The van der Waals surface area contributed by atoms with E-state index < -0.39 is 11.9 Å². The number of hydrogen-bond donors (Lipinski definition) is 2. The van der Waals surface area contributed by atoms with Crippen LogP contribution in [0.25, 0.3) is 22.3 Å². The summed E-state index contributed by atoms with van der Waals surface area (Å²) in [5, 5.41) is 9.48. The smallest absolute Gasteiger partial charge is 0.331 e. The third-order valence-corrected chi connectivity index (χ3v) is 6.07. The summed E-state index contributed by atoms with van der Waals surface area (Å²) < 4.78 is 16.1. The molecule has 0 bridgehead atoms. The fraction of sp³-hybridized carbons (Fsp3) is 0.346. The Kier molecular flexibility index (Phi) is 7.92. The lowest BCUT2D eigenvalue weighted by Gasteiger charge is -2.20. The number of amides is 1. The van der Waals surface area contributed by atoms with Gasteiger partial charge < -0.3 is 10.1 Å². The minimum absolute atomic E-state index is 0.0183. The van der Waals surface area contributed by atoms with Crippen molar-refractivity contribution in [2.45, 2.75) is 46.2 Å². The summed E-state index contributed by atoms with van der Waals surface area (Å²) in [7, 11) is 0. The molecule has 0 unspecified atom stereocenters. The molecule has 11 heteroatoms. The van der Waals surface area contributed by atoms with Gasteiger partial charge in [0.15, 0.2) is 0 Å². The molecule has 37 heavy (non-hydrogen) atoms. The Morgan fingerprint density at radius 2 is 1.86 bits per heavy atom. The molecule has 0 fully saturated rings. The predicted molar refractivity (Wildman–Crippen MR) is 138 cm³/mol. The molecule has 10 nitrogen and oxygen atoms in total. The van der Waals surface area contributed by atoms with Gasteiger partial charge in [0.1, 0.15) is 11.3 Å². The summed E-state index contributed by atoms with van der Waals surface area (Å²) >= 11 is 0. The Labute approximate surface area is 212 Å². The van der Waals surface area contributed by atoms with Crippen LogP contribution in [-0.2, 0) is 13.1 Å². The Morgan fingerprint density at radius 3 is 2.49 bits per heavy atom. The van der Waals surface area contributed by atoms with Crippen LogP contribution in [0.2, 0.25) is 0 Å². The van der Waals surface area contributed by atoms with E-state index in [1.807, 2.05) is 13.8 Å². The first-order valence-corrected chi connectivity index (χ1v) is 12.3. The zero-order valence-corrected chi connectivity index (χ0v) is 20.8. The summed E-state index contributed by atoms with van der Waals surface area (Å²) in [5.74, 6) is -0.899. The van der Waals surface area contributed by atoms with Gasteiger partial charge in [-0.15, -0.1) is 0 Å². The highest BCUT2D eigenvalue weighted by atomic mass is 19.1. The molecule has 4 aromatic heterocycles. The van der Waals surface area contributed by atoms with E-state index in [0.29, 0.717) is 35.4 Å². The second-order valence-corrected chi connectivity index (χ2v) is 8.64. The first-order chi connectivity index (χ1) is 17.9. The number of rotatable bonds is 10. The number of nitrogens with one attached hydrogen (secondary N) is 1. The molecule has 2 N–H and O–H groups in total. The molecular weight excluding hydrogens is 479 g/mol. The predicted octanol–water partition coefficient (Wildman–Crippen LogP) is 2.94. The molecule has 4 aromatic rings. The number of fused-ring (bicyclic) bond motifs is 1. The van der Waals surface area contributed by atoms with Crippen molar-refractivity contribution in [2.24, 2.45) is 0 Å². The number of unbranched alkanes of at least 4 members (excludes halogenated alkanes) is 1. The maximum absolute atomic E-state index is 13.2. The number of aliphatic hydroxyl groups is 1. The van der Waals surface area contributed by atoms with Gasteiger partial charge in [0.2, 0.25) is 5.95 Å². The quantitative estimate of drug-likeness (QED) is 0.317. The second-order valence-electron chi connectivity index (χ2n) is 8.64. The van der Waals surface area contributed by atoms with Crippen molar-refractivity contribution in [1.29, 1.82) is 0 Å². The third-order valence-electron chi connectivity index (χ3n) is 6.07. The summed E-state index contributed by atoms with van der Waals surface area (Å²) in [6.45, 7) is 4.49. The normalized spacial score (nSPS) is 11.2. The van der Waals surface area contributed by atoms with Crippen LogP contribution >= 0.6 is 0 Å². The summed E-state index contributed by atoms with van der Waals surface area (Å²) in [6, 6.07) is 7.51. The fourth-order valence-electron chi connectivity index (χ4n) is 4.18. The van der Waals surface area contributed by atoms with Crippen LogP contribution in [0.3, 0.4) is 0 Å². The number of anilines is 1. The Bertz CT molecular complexity index is 1510. The molecule has 1 amide bonds. The lowest BCUT2D eigenvalue weighted by atomic mass is 10.2. The summed E-state index contributed by atoms with van der Waals surface area (Å²) in [6.07, 6.45) is 4.99. The van der Waals surface area contributed by atoms with Gasteiger partial charge in [0.25, 0.3) is 11.5 Å². The Hall–Kier alpha value is -4.12. The molecule has 0 aromatic carbocycles. The lowest BCUT2D eigenvalue weighted by Crippen LogP contribution is -2.40. The van der Waals surface area contributed by atoms with Crippen LogP contribution in [0, 0.1) is 5.95 Å². The van der Waals surface area contributed by atoms with E-state index in [2.05, 4.69) is 15.0 Å². The number of aromatic nitrogens is 5. The first-order valence-electron chi connectivity index (χ1n) is 12.3. The molecule has 0 saturated carbocycles. The number of halogens is 1. The molecule has 0 aliphatic heterocycles. The van der Waals surface area contributed by atoms with Crippen molar-refractivity contribution in [3.63, 3.8) is 0 Å². The molecule has 0 radical (unpaired) electrons. The van der Waals surface area contributed by atoms with E-state index in [4.69, 9.17) is 0 Å². The van der Waals surface area contributed by atoms with Crippen molar-refractivity contribution in [3.05, 3.63) is 75.1 Å². The van der Waals surface area contributed by atoms with E-state index in [1.165, 1.54) is 15.5 Å². The number of aliphatic hydroxyl groups excluding tert-OH is 1. The topological polar surface area (TPSA) is 126 Å². The van der Waals surface area contributed by atoms with Gasteiger partial charge in [0.05, 0.1) is 24.2 Å². The van der Waals surface area contributed by atoms with E-state index in [1.54, 1.807) is 29.0 Å². The molecule has 0 atom stereocenters. The number of nitrogens with zero attached hydrogens (tertiary/aromatic N) is 5. The van der Waals surface area contributed by atoms with Crippen LogP contribution in [0.4, 0.5) is 10.2 Å². The zero-order valence-electron chi connectivity index (χ0n) is 20.8. The van der Waals surface area contributed by atoms with Gasteiger partial charge >= 0.3 is 5.69 Å². The minimum Gasteiger partial charge on any atom is -0.395 e. The van der Waals surface area contributed by atoms with Gasteiger partial charge in [-0.25, -0.2) is 14.8 Å². The maximum Gasteiger partial charge on any atom is 0.331 e. The molecule has 0 saturated heterocycles. The number of carbonyl (C=O) groups excluding carboxylic acids is 1. The number of aromatic amines is 1. The summed E-state index contributed by atoms with van der Waals surface area (Å²) in [4.78, 5) is 51.4. The lowest BCUT2D eigenvalue weighted by molar-refractivity contribution is 0.0979. The van der Waals surface area contributed by atoms with Gasteiger partial charge in [-0.3, -0.25) is 23.6 Å². The monoisotopic (exact) mass is 508 g/mol. The number of aryl methyl sites for hydroxylation is 1. The molecule has 0 spiro atoms. The number of carbonyl (C=O) groups is 1. The van der Waals surface area contributed by atoms with Gasteiger partial charge in [0, 0.05) is 36.7 Å².